The van der Waals surface area contributed by atoms with Crippen LogP contribution in [0, 0.1) is 5.92 Å². The summed E-state index contributed by atoms with van der Waals surface area (Å²) in [6.45, 7) is 1.52. The Kier molecular flexibility index (Phi) is 3.40. The second kappa shape index (κ2) is 5.21. The summed E-state index contributed by atoms with van der Waals surface area (Å²) in [5.74, 6) is 0.237. The molecule has 1 amide bonds. The Morgan fingerprint density at radius 3 is 2.85 bits per heavy atom. The number of hydrogen-bond acceptors (Lipinski definition) is 3. The van der Waals surface area contributed by atoms with Crippen LogP contribution in [0.15, 0.2) is 36.5 Å². The molecular weight excluding hydrogens is 252 g/mol. The van der Waals surface area contributed by atoms with Gasteiger partial charge in [-0.25, -0.2) is 0 Å². The summed E-state index contributed by atoms with van der Waals surface area (Å²) in [5.41, 5.74) is 1.96. The predicted octanol–water partition coefficient (Wildman–Crippen LogP) is 2.18. The van der Waals surface area contributed by atoms with Gasteiger partial charge in [0.25, 0.3) is 0 Å². The smallest absolute Gasteiger partial charge is 0.217 e. The highest BCUT2D eigenvalue weighted by Crippen LogP contribution is 2.38. The maximum absolute atomic E-state index is 11.4. The van der Waals surface area contributed by atoms with E-state index >= 15 is 0 Å². The Morgan fingerprint density at radius 2 is 2.15 bits per heavy atom. The number of rotatable bonds is 3. The molecular formula is C16H18N2O2. The van der Waals surface area contributed by atoms with E-state index in [1.807, 2.05) is 30.5 Å². The first-order valence-electron chi connectivity index (χ1n) is 6.93. The lowest BCUT2D eigenvalue weighted by Crippen LogP contribution is -2.40. The van der Waals surface area contributed by atoms with Crippen molar-refractivity contribution in [3.63, 3.8) is 0 Å². The zero-order valence-corrected chi connectivity index (χ0v) is 11.4. The summed E-state index contributed by atoms with van der Waals surface area (Å²) in [4.78, 5) is 15.9. The molecule has 1 aliphatic rings. The summed E-state index contributed by atoms with van der Waals surface area (Å²) >= 11 is 0. The lowest BCUT2D eigenvalue weighted by atomic mass is 9.75. The third kappa shape index (κ3) is 2.51. The van der Waals surface area contributed by atoms with Crippen molar-refractivity contribution >= 4 is 16.8 Å². The maximum atomic E-state index is 11.4. The molecule has 4 heteroatoms. The quantitative estimate of drug-likeness (QED) is 0.898. The van der Waals surface area contributed by atoms with Crippen LogP contribution in [0.2, 0.25) is 0 Å². The van der Waals surface area contributed by atoms with E-state index in [1.165, 1.54) is 6.92 Å². The van der Waals surface area contributed by atoms with Crippen molar-refractivity contribution in [1.82, 2.24) is 10.3 Å². The van der Waals surface area contributed by atoms with Gasteiger partial charge in [-0.2, -0.15) is 0 Å². The number of amides is 1. The van der Waals surface area contributed by atoms with E-state index < -0.39 is 0 Å². The van der Waals surface area contributed by atoms with Crippen molar-refractivity contribution < 1.29 is 9.90 Å². The van der Waals surface area contributed by atoms with E-state index in [0.29, 0.717) is 0 Å². The minimum Gasteiger partial charge on any atom is -0.393 e. The van der Waals surface area contributed by atoms with Crippen LogP contribution in [0.25, 0.3) is 10.9 Å². The molecule has 0 saturated heterocycles. The first-order chi connectivity index (χ1) is 9.63. The van der Waals surface area contributed by atoms with Crippen molar-refractivity contribution in [3.05, 3.63) is 42.1 Å². The maximum Gasteiger partial charge on any atom is 0.217 e. The average molecular weight is 270 g/mol. The molecule has 1 aromatic heterocycles. The highest BCUT2D eigenvalue weighted by Gasteiger charge is 2.35. The molecule has 1 aliphatic carbocycles. The molecule has 1 heterocycles. The molecule has 104 valence electrons. The molecule has 1 fully saturated rings. The Morgan fingerprint density at radius 1 is 1.40 bits per heavy atom. The van der Waals surface area contributed by atoms with Gasteiger partial charge >= 0.3 is 0 Å². The monoisotopic (exact) mass is 270 g/mol. The third-order valence-corrected chi connectivity index (χ3v) is 3.95. The van der Waals surface area contributed by atoms with Crippen LogP contribution in [0.3, 0.4) is 0 Å². The number of fused-ring (bicyclic) bond motifs is 1. The Labute approximate surface area is 117 Å². The number of hydrogen-bond donors (Lipinski definition) is 2. The number of para-hydroxylation sites is 1. The molecule has 4 nitrogen and oxygen atoms in total. The van der Waals surface area contributed by atoms with Gasteiger partial charge in [-0.3, -0.25) is 9.78 Å². The van der Waals surface area contributed by atoms with Crippen LogP contribution in [-0.2, 0) is 4.79 Å². The molecule has 20 heavy (non-hydrogen) atoms. The summed E-state index contributed by atoms with van der Waals surface area (Å²) in [5, 5.41) is 13.6. The fraction of sp³-hybridized carbons (Fsp3) is 0.375. The van der Waals surface area contributed by atoms with Gasteiger partial charge in [-0.15, -0.1) is 0 Å². The number of aromatic nitrogens is 1. The minimum absolute atomic E-state index is 0.0513. The average Bonchev–Trinajstić information content (AvgIpc) is 2.41. The lowest BCUT2D eigenvalue weighted by Gasteiger charge is -2.38. The summed E-state index contributed by atoms with van der Waals surface area (Å²) in [6.07, 6.45) is 3.06. The van der Waals surface area contributed by atoms with E-state index in [-0.39, 0.29) is 24.0 Å². The van der Waals surface area contributed by atoms with Gasteiger partial charge in [-0.05, 0) is 36.5 Å². The van der Waals surface area contributed by atoms with Crippen LogP contribution in [-0.4, -0.2) is 22.1 Å². The van der Waals surface area contributed by atoms with Crippen molar-refractivity contribution in [2.75, 3.05) is 0 Å². The first kappa shape index (κ1) is 13.1. The molecule has 1 aromatic carbocycles. The first-order valence-corrected chi connectivity index (χ1v) is 6.93. The number of benzene rings is 1. The fourth-order valence-electron chi connectivity index (χ4n) is 2.85. The largest absolute Gasteiger partial charge is 0.393 e. The number of aliphatic hydroxyl groups excluding tert-OH is 1. The summed E-state index contributed by atoms with van der Waals surface area (Å²) in [6, 6.07) is 9.95. The number of pyridine rings is 1. The Balaban J connectivity index is 1.93. The number of carbonyl (C=O) groups excluding carboxylic acids is 1. The zero-order valence-electron chi connectivity index (χ0n) is 11.4. The third-order valence-electron chi connectivity index (χ3n) is 3.95. The van der Waals surface area contributed by atoms with Crippen LogP contribution in [0.4, 0.5) is 0 Å². The SMILES string of the molecule is CC(=O)NC(c1cnc2ccccc2c1)C1CC(O)C1. The Hall–Kier alpha value is -1.94. The predicted molar refractivity (Wildman–Crippen MR) is 77.0 cm³/mol. The molecule has 2 aromatic rings. The van der Waals surface area contributed by atoms with E-state index in [4.69, 9.17) is 0 Å². The van der Waals surface area contributed by atoms with Gasteiger partial charge in [-0.1, -0.05) is 18.2 Å². The van der Waals surface area contributed by atoms with E-state index in [9.17, 15) is 9.90 Å². The van der Waals surface area contributed by atoms with Crippen LogP contribution in [0.5, 0.6) is 0 Å². The molecule has 0 bridgehead atoms. The molecule has 1 atom stereocenters. The molecule has 3 rings (SSSR count). The molecule has 0 aliphatic heterocycles. The van der Waals surface area contributed by atoms with Crippen molar-refractivity contribution in [2.45, 2.75) is 31.9 Å². The molecule has 2 N–H and O–H groups in total. The fourth-order valence-corrected chi connectivity index (χ4v) is 2.85. The van der Waals surface area contributed by atoms with Gasteiger partial charge < -0.3 is 10.4 Å². The van der Waals surface area contributed by atoms with Crippen molar-refractivity contribution in [2.24, 2.45) is 5.92 Å². The van der Waals surface area contributed by atoms with Crippen LogP contribution < -0.4 is 5.32 Å². The number of nitrogens with zero attached hydrogens (tertiary/aromatic N) is 1. The summed E-state index contributed by atoms with van der Waals surface area (Å²) in [7, 11) is 0. The zero-order chi connectivity index (χ0) is 14.1. The van der Waals surface area contributed by atoms with E-state index in [1.54, 1.807) is 0 Å². The minimum atomic E-state index is -0.232. The highest BCUT2D eigenvalue weighted by molar-refractivity contribution is 5.79. The topological polar surface area (TPSA) is 62.2 Å². The van der Waals surface area contributed by atoms with Crippen LogP contribution >= 0.6 is 0 Å². The van der Waals surface area contributed by atoms with Gasteiger partial charge in [0, 0.05) is 18.5 Å². The van der Waals surface area contributed by atoms with Gasteiger partial charge in [0.15, 0.2) is 0 Å². The van der Waals surface area contributed by atoms with Gasteiger partial charge in [0.2, 0.25) is 5.91 Å². The molecule has 1 unspecified atom stereocenters. The molecule has 0 radical (unpaired) electrons. The number of aliphatic hydroxyl groups is 1. The van der Waals surface area contributed by atoms with E-state index in [0.717, 1.165) is 29.3 Å². The Bertz CT molecular complexity index is 635. The van der Waals surface area contributed by atoms with Crippen molar-refractivity contribution in [1.29, 1.82) is 0 Å². The van der Waals surface area contributed by atoms with Gasteiger partial charge in [0.05, 0.1) is 17.7 Å². The lowest BCUT2D eigenvalue weighted by molar-refractivity contribution is -0.120. The van der Waals surface area contributed by atoms with Crippen molar-refractivity contribution in [3.8, 4) is 0 Å². The molecule has 0 spiro atoms. The normalized spacial score (nSPS) is 23.1. The van der Waals surface area contributed by atoms with Gasteiger partial charge in [0.1, 0.15) is 0 Å². The van der Waals surface area contributed by atoms with Crippen LogP contribution in [0.1, 0.15) is 31.4 Å². The highest BCUT2D eigenvalue weighted by atomic mass is 16.3. The molecule has 1 saturated carbocycles. The number of nitrogens with one attached hydrogen (secondary N) is 1. The second-order valence-electron chi connectivity index (χ2n) is 5.52. The number of carbonyl (C=O) groups is 1. The summed E-state index contributed by atoms with van der Waals surface area (Å²) < 4.78 is 0. The second-order valence-corrected chi connectivity index (χ2v) is 5.52. The van der Waals surface area contributed by atoms with E-state index in [2.05, 4.69) is 16.4 Å². The standard InChI is InChI=1S/C16H18N2O2/c1-10(19)18-16(12-7-14(20)8-12)13-6-11-4-2-3-5-15(11)17-9-13/h2-6,9,12,14,16,20H,7-8H2,1H3,(H,18,19).